The molecular formula is C15H20Cl2N2O. The summed E-state index contributed by atoms with van der Waals surface area (Å²) in [4.78, 5) is 14.2. The second-order valence-corrected chi connectivity index (χ2v) is 6.31. The topological polar surface area (TPSA) is 46.3 Å². The van der Waals surface area contributed by atoms with Gasteiger partial charge in [-0.05, 0) is 43.0 Å². The van der Waals surface area contributed by atoms with Crippen molar-refractivity contribution in [3.63, 3.8) is 0 Å². The number of carbonyl (C=O) groups excluding carboxylic acids is 1. The minimum absolute atomic E-state index is 0.0658. The third kappa shape index (κ3) is 3.46. The Morgan fingerprint density at radius 3 is 2.80 bits per heavy atom. The van der Waals surface area contributed by atoms with Crippen LogP contribution in [-0.2, 0) is 11.3 Å². The van der Waals surface area contributed by atoms with Crippen molar-refractivity contribution in [3.05, 3.63) is 33.8 Å². The van der Waals surface area contributed by atoms with E-state index in [1.807, 2.05) is 13.1 Å². The van der Waals surface area contributed by atoms with Crippen molar-refractivity contribution in [2.75, 3.05) is 13.6 Å². The van der Waals surface area contributed by atoms with Crippen LogP contribution in [0.4, 0.5) is 0 Å². The lowest BCUT2D eigenvalue weighted by atomic mass is 9.95. The summed E-state index contributed by atoms with van der Waals surface area (Å²) in [5, 5.41) is 1.20. The van der Waals surface area contributed by atoms with Crippen LogP contribution in [0.2, 0.25) is 10.0 Å². The van der Waals surface area contributed by atoms with Crippen LogP contribution in [0.15, 0.2) is 18.2 Å². The lowest BCUT2D eigenvalue weighted by Crippen LogP contribution is -2.36. The van der Waals surface area contributed by atoms with Crippen LogP contribution in [0.3, 0.4) is 0 Å². The number of carbonyl (C=O) groups is 1. The van der Waals surface area contributed by atoms with Gasteiger partial charge in [0.1, 0.15) is 0 Å². The number of rotatable bonds is 4. The molecule has 0 heterocycles. The highest BCUT2D eigenvalue weighted by Gasteiger charge is 2.33. The quantitative estimate of drug-likeness (QED) is 0.926. The van der Waals surface area contributed by atoms with Crippen molar-refractivity contribution in [1.82, 2.24) is 4.90 Å². The van der Waals surface area contributed by atoms with E-state index in [0.717, 1.165) is 24.8 Å². The Bertz CT molecular complexity index is 493. The summed E-state index contributed by atoms with van der Waals surface area (Å²) < 4.78 is 0. The molecule has 2 atom stereocenters. The van der Waals surface area contributed by atoms with Crippen molar-refractivity contribution >= 4 is 29.1 Å². The van der Waals surface area contributed by atoms with Crippen LogP contribution < -0.4 is 5.73 Å². The molecule has 1 saturated carbocycles. The summed E-state index contributed by atoms with van der Waals surface area (Å²) in [7, 11) is 1.82. The third-order valence-electron chi connectivity index (χ3n) is 4.08. The number of hydrogen-bond donors (Lipinski definition) is 1. The SMILES string of the molecule is CN(Cc1ccc(Cl)cc1Cl)C(=O)C1CCCC1CN. The van der Waals surface area contributed by atoms with Gasteiger partial charge >= 0.3 is 0 Å². The number of halogens is 2. The standard InChI is InChI=1S/C15H20Cl2N2O/c1-19(9-11-5-6-12(16)7-14(11)17)15(20)13-4-2-3-10(13)8-18/h5-7,10,13H,2-4,8-9,18H2,1H3. The summed E-state index contributed by atoms with van der Waals surface area (Å²) in [5.41, 5.74) is 6.66. The monoisotopic (exact) mass is 314 g/mol. The highest BCUT2D eigenvalue weighted by atomic mass is 35.5. The van der Waals surface area contributed by atoms with Crippen LogP contribution in [-0.4, -0.2) is 24.4 Å². The Hall–Kier alpha value is -0.770. The molecule has 1 aromatic rings. The van der Waals surface area contributed by atoms with Gasteiger partial charge in [0.2, 0.25) is 5.91 Å². The van der Waals surface area contributed by atoms with E-state index < -0.39 is 0 Å². The zero-order chi connectivity index (χ0) is 14.7. The molecule has 1 aliphatic rings. The summed E-state index contributed by atoms with van der Waals surface area (Å²) in [6.45, 7) is 1.09. The molecule has 20 heavy (non-hydrogen) atoms. The number of nitrogens with zero attached hydrogens (tertiary/aromatic N) is 1. The van der Waals surface area contributed by atoms with Gasteiger partial charge in [-0.1, -0.05) is 35.7 Å². The van der Waals surface area contributed by atoms with Crippen molar-refractivity contribution in [2.24, 2.45) is 17.6 Å². The van der Waals surface area contributed by atoms with Gasteiger partial charge in [0, 0.05) is 29.6 Å². The first-order valence-electron chi connectivity index (χ1n) is 6.92. The second-order valence-electron chi connectivity index (χ2n) is 5.46. The fourth-order valence-corrected chi connectivity index (χ4v) is 3.38. The molecule has 1 aromatic carbocycles. The molecule has 0 saturated heterocycles. The van der Waals surface area contributed by atoms with Crippen LogP contribution in [0.1, 0.15) is 24.8 Å². The Balaban J connectivity index is 2.04. The highest BCUT2D eigenvalue weighted by molar-refractivity contribution is 6.35. The summed E-state index contributed by atoms with van der Waals surface area (Å²) in [5.74, 6) is 0.561. The van der Waals surface area contributed by atoms with Gasteiger partial charge in [-0.3, -0.25) is 4.79 Å². The molecule has 1 aliphatic carbocycles. The summed E-state index contributed by atoms with van der Waals surface area (Å²) >= 11 is 12.0. The van der Waals surface area contributed by atoms with Crippen LogP contribution in [0, 0.1) is 11.8 Å². The molecule has 2 rings (SSSR count). The smallest absolute Gasteiger partial charge is 0.226 e. The van der Waals surface area contributed by atoms with Gasteiger partial charge in [0.15, 0.2) is 0 Å². The molecular weight excluding hydrogens is 295 g/mol. The fourth-order valence-electron chi connectivity index (χ4n) is 2.91. The Kier molecular flexibility index (Phi) is 5.30. The van der Waals surface area contributed by atoms with Gasteiger partial charge in [0.05, 0.1) is 0 Å². The first kappa shape index (κ1) is 15.6. The average Bonchev–Trinajstić information content (AvgIpc) is 2.89. The van der Waals surface area contributed by atoms with E-state index in [1.165, 1.54) is 0 Å². The number of hydrogen-bond acceptors (Lipinski definition) is 2. The van der Waals surface area contributed by atoms with E-state index in [9.17, 15) is 4.79 Å². The fraction of sp³-hybridized carbons (Fsp3) is 0.533. The predicted octanol–water partition coefficient (Wildman–Crippen LogP) is 3.33. The number of amides is 1. The van der Waals surface area contributed by atoms with E-state index in [0.29, 0.717) is 29.1 Å². The maximum absolute atomic E-state index is 12.5. The lowest BCUT2D eigenvalue weighted by Gasteiger charge is -2.25. The van der Waals surface area contributed by atoms with Crippen LogP contribution in [0.25, 0.3) is 0 Å². The first-order chi connectivity index (χ1) is 9.52. The summed E-state index contributed by atoms with van der Waals surface area (Å²) in [6, 6.07) is 5.36. The van der Waals surface area contributed by atoms with Gasteiger partial charge in [-0.2, -0.15) is 0 Å². The van der Waals surface area contributed by atoms with Crippen molar-refractivity contribution < 1.29 is 4.79 Å². The predicted molar refractivity (Wildman–Crippen MR) is 82.8 cm³/mol. The van der Waals surface area contributed by atoms with E-state index in [2.05, 4.69) is 0 Å². The molecule has 0 aliphatic heterocycles. The van der Waals surface area contributed by atoms with E-state index in [-0.39, 0.29) is 11.8 Å². The van der Waals surface area contributed by atoms with Gasteiger partial charge < -0.3 is 10.6 Å². The molecule has 5 heteroatoms. The van der Waals surface area contributed by atoms with Crippen LogP contribution >= 0.6 is 23.2 Å². The Labute approximate surface area is 130 Å². The molecule has 3 nitrogen and oxygen atoms in total. The van der Waals surface area contributed by atoms with E-state index >= 15 is 0 Å². The zero-order valence-electron chi connectivity index (χ0n) is 11.6. The normalized spacial score (nSPS) is 22.0. The van der Waals surface area contributed by atoms with Crippen molar-refractivity contribution in [3.8, 4) is 0 Å². The van der Waals surface area contributed by atoms with Crippen molar-refractivity contribution in [2.45, 2.75) is 25.8 Å². The summed E-state index contributed by atoms with van der Waals surface area (Å²) in [6.07, 6.45) is 3.09. The Morgan fingerprint density at radius 2 is 2.15 bits per heavy atom. The minimum atomic E-state index is 0.0658. The van der Waals surface area contributed by atoms with E-state index in [1.54, 1.807) is 17.0 Å². The van der Waals surface area contributed by atoms with Gasteiger partial charge in [-0.15, -0.1) is 0 Å². The molecule has 1 fully saturated rings. The molecule has 110 valence electrons. The molecule has 0 bridgehead atoms. The second kappa shape index (κ2) is 6.79. The molecule has 0 aromatic heterocycles. The molecule has 1 amide bonds. The molecule has 0 spiro atoms. The lowest BCUT2D eigenvalue weighted by molar-refractivity contribution is -0.135. The number of nitrogens with two attached hydrogens (primary N) is 1. The van der Waals surface area contributed by atoms with Crippen molar-refractivity contribution in [1.29, 1.82) is 0 Å². The van der Waals surface area contributed by atoms with Gasteiger partial charge in [0.25, 0.3) is 0 Å². The van der Waals surface area contributed by atoms with Crippen LogP contribution in [0.5, 0.6) is 0 Å². The molecule has 2 N–H and O–H groups in total. The molecule has 2 unspecified atom stereocenters. The van der Waals surface area contributed by atoms with E-state index in [4.69, 9.17) is 28.9 Å². The first-order valence-corrected chi connectivity index (χ1v) is 7.67. The van der Waals surface area contributed by atoms with Gasteiger partial charge in [-0.25, -0.2) is 0 Å². The third-order valence-corrected chi connectivity index (χ3v) is 4.66. The largest absolute Gasteiger partial charge is 0.341 e. The minimum Gasteiger partial charge on any atom is -0.341 e. The zero-order valence-corrected chi connectivity index (χ0v) is 13.1. The average molecular weight is 315 g/mol. The Morgan fingerprint density at radius 1 is 1.40 bits per heavy atom. The number of benzene rings is 1. The highest BCUT2D eigenvalue weighted by Crippen LogP contribution is 2.32. The maximum Gasteiger partial charge on any atom is 0.226 e. The maximum atomic E-state index is 12.5. The molecule has 0 radical (unpaired) electrons.